The van der Waals surface area contributed by atoms with Crippen LogP contribution in [0.25, 0.3) is 0 Å². The minimum absolute atomic E-state index is 0.0214. The van der Waals surface area contributed by atoms with E-state index in [4.69, 9.17) is 14.2 Å². The van der Waals surface area contributed by atoms with E-state index in [-0.39, 0.29) is 24.7 Å². The molecule has 1 aliphatic heterocycles. The summed E-state index contributed by atoms with van der Waals surface area (Å²) < 4.78 is 17.0. The van der Waals surface area contributed by atoms with Crippen LogP contribution in [-0.2, 0) is 25.6 Å². The van der Waals surface area contributed by atoms with E-state index in [0.29, 0.717) is 37.2 Å². The summed E-state index contributed by atoms with van der Waals surface area (Å²) in [6, 6.07) is 15.6. The molecule has 0 unspecified atom stereocenters. The number of hydrogen-bond donors (Lipinski definition) is 7. The third kappa shape index (κ3) is 18.6. The molecule has 0 saturated carbocycles. The first kappa shape index (κ1) is 49.6. The topological polar surface area (TPSA) is 195 Å². The molecule has 7 N–H and O–H groups in total. The van der Waals surface area contributed by atoms with Crippen molar-refractivity contribution in [1.82, 2.24) is 5.32 Å². The van der Waals surface area contributed by atoms with Gasteiger partial charge < -0.3 is 50.2 Å². The van der Waals surface area contributed by atoms with E-state index in [1.54, 1.807) is 12.1 Å². The number of nitrogens with one attached hydrogen (secondary N) is 1. The molecular weight excluding hydrogens is 743 g/mol. The molecule has 1 saturated heterocycles. The van der Waals surface area contributed by atoms with Gasteiger partial charge >= 0.3 is 0 Å². The SMILES string of the molecule is CCCCCCCCCCCCCC[C@@H](O)[C@@H](O)[C@H](CO[C@H]1O[C@H](CO)[C@H](O)[C@H](O)[C@H]1O)NC(=O)CCCCCCCOCc1cccc(C(=O)c2ccccc2)c1. The van der Waals surface area contributed by atoms with Gasteiger partial charge in [-0.1, -0.05) is 152 Å². The van der Waals surface area contributed by atoms with E-state index < -0.39 is 55.6 Å². The summed E-state index contributed by atoms with van der Waals surface area (Å²) in [5, 5.41) is 65.1. The Bertz CT molecular complexity index is 1380. The van der Waals surface area contributed by atoms with Gasteiger partial charge in [0.05, 0.1) is 32.0 Å². The van der Waals surface area contributed by atoms with Crippen LogP contribution in [0, 0.1) is 0 Å². The summed E-state index contributed by atoms with van der Waals surface area (Å²) in [7, 11) is 0. The zero-order valence-electron chi connectivity index (χ0n) is 34.8. The van der Waals surface area contributed by atoms with E-state index >= 15 is 0 Å². The molecule has 8 atom stereocenters. The second-order valence-corrected chi connectivity index (χ2v) is 15.9. The number of ketones is 1. The van der Waals surface area contributed by atoms with Crippen LogP contribution in [0.15, 0.2) is 54.6 Å². The number of benzene rings is 2. The van der Waals surface area contributed by atoms with Crippen molar-refractivity contribution in [1.29, 1.82) is 0 Å². The summed E-state index contributed by atoms with van der Waals surface area (Å²) in [6.07, 6.45) is 8.84. The second kappa shape index (κ2) is 29.4. The molecule has 12 heteroatoms. The van der Waals surface area contributed by atoms with Crippen molar-refractivity contribution in [2.24, 2.45) is 0 Å². The van der Waals surface area contributed by atoms with Crippen LogP contribution in [0.4, 0.5) is 0 Å². The van der Waals surface area contributed by atoms with Gasteiger partial charge in [0.2, 0.25) is 5.91 Å². The zero-order chi connectivity index (χ0) is 42.0. The molecule has 58 heavy (non-hydrogen) atoms. The molecule has 1 aliphatic rings. The maximum Gasteiger partial charge on any atom is 0.220 e. The third-order valence-electron chi connectivity index (χ3n) is 11.0. The fourth-order valence-electron chi connectivity index (χ4n) is 7.31. The second-order valence-electron chi connectivity index (χ2n) is 15.9. The van der Waals surface area contributed by atoms with Crippen LogP contribution in [0.1, 0.15) is 150 Å². The number of unbranched alkanes of at least 4 members (excludes halogenated alkanes) is 15. The largest absolute Gasteiger partial charge is 0.394 e. The predicted molar refractivity (Wildman–Crippen MR) is 223 cm³/mol. The van der Waals surface area contributed by atoms with Gasteiger partial charge in [-0.3, -0.25) is 9.59 Å². The number of rotatable bonds is 32. The van der Waals surface area contributed by atoms with Crippen LogP contribution < -0.4 is 5.32 Å². The summed E-state index contributed by atoms with van der Waals surface area (Å²) in [4.78, 5) is 25.8. The van der Waals surface area contributed by atoms with E-state index in [1.165, 1.54) is 51.4 Å². The lowest BCUT2D eigenvalue weighted by molar-refractivity contribution is -0.303. The van der Waals surface area contributed by atoms with Crippen LogP contribution in [0.5, 0.6) is 0 Å². The molecule has 12 nitrogen and oxygen atoms in total. The predicted octanol–water partition coefficient (Wildman–Crippen LogP) is 5.89. The number of aliphatic hydroxyl groups excluding tert-OH is 6. The van der Waals surface area contributed by atoms with Crippen molar-refractivity contribution in [2.45, 2.75) is 184 Å². The number of amides is 1. The highest BCUT2D eigenvalue weighted by Crippen LogP contribution is 2.23. The van der Waals surface area contributed by atoms with Gasteiger partial charge in [0.25, 0.3) is 0 Å². The number of aliphatic hydroxyl groups is 6. The zero-order valence-corrected chi connectivity index (χ0v) is 34.8. The van der Waals surface area contributed by atoms with Crippen molar-refractivity contribution < 1.29 is 54.4 Å². The Labute approximate surface area is 346 Å². The Morgan fingerprint density at radius 2 is 1.33 bits per heavy atom. The molecule has 0 aromatic heterocycles. The fraction of sp³-hybridized carbons (Fsp3) is 0.696. The molecule has 328 valence electrons. The van der Waals surface area contributed by atoms with Crippen LogP contribution in [0.2, 0.25) is 0 Å². The summed E-state index contributed by atoms with van der Waals surface area (Å²) >= 11 is 0. The van der Waals surface area contributed by atoms with Crippen molar-refractivity contribution in [3.63, 3.8) is 0 Å². The number of carbonyl (C=O) groups is 2. The molecule has 1 fully saturated rings. The maximum absolute atomic E-state index is 13.0. The van der Waals surface area contributed by atoms with Gasteiger partial charge in [-0.2, -0.15) is 0 Å². The van der Waals surface area contributed by atoms with Crippen LogP contribution in [0.3, 0.4) is 0 Å². The minimum atomic E-state index is -1.63. The normalized spacial score (nSPS) is 21.1. The standard InChI is InChI=1S/C46H73NO11/c1-2-3-4-5-6-7-8-9-10-11-13-19-27-38(49)42(52)37(33-57-46-45(55)44(54)43(53)39(31-48)58-46)47-40(50)28-20-14-12-15-21-29-56-32-34-23-22-26-36(30-34)41(51)35-24-17-16-18-25-35/h16-18,22-26,30,37-39,42-46,48-49,52-55H,2-15,19-21,27-29,31-33H2,1H3,(H,47,50)/t37-,38+,39+,42-,43-,44-,45+,46-/m0/s1. The summed E-state index contributed by atoms with van der Waals surface area (Å²) in [5.41, 5.74) is 2.21. The first-order valence-corrected chi connectivity index (χ1v) is 22.0. The molecule has 0 aliphatic carbocycles. The highest BCUT2D eigenvalue weighted by Gasteiger charge is 2.44. The van der Waals surface area contributed by atoms with Gasteiger partial charge in [-0.25, -0.2) is 0 Å². The highest BCUT2D eigenvalue weighted by atomic mass is 16.7. The molecule has 1 amide bonds. The quantitative estimate of drug-likeness (QED) is 0.0344. The van der Waals surface area contributed by atoms with Crippen LogP contribution in [-0.4, -0.2) is 111 Å². The van der Waals surface area contributed by atoms with Gasteiger partial charge in [-0.15, -0.1) is 0 Å². The van der Waals surface area contributed by atoms with Crippen molar-refractivity contribution in [3.8, 4) is 0 Å². The lowest BCUT2D eigenvalue weighted by atomic mass is 9.98. The van der Waals surface area contributed by atoms with Crippen molar-refractivity contribution in [2.75, 3.05) is 19.8 Å². The molecule has 0 spiro atoms. The Balaban J connectivity index is 1.36. The van der Waals surface area contributed by atoms with E-state index in [2.05, 4.69) is 12.2 Å². The average molecular weight is 816 g/mol. The molecule has 2 aromatic rings. The van der Waals surface area contributed by atoms with E-state index in [1.807, 2.05) is 42.5 Å². The van der Waals surface area contributed by atoms with Crippen LogP contribution >= 0.6 is 0 Å². The Hall–Kier alpha value is -2.78. The Morgan fingerprint density at radius 1 is 0.724 bits per heavy atom. The average Bonchev–Trinajstić information content (AvgIpc) is 3.24. The highest BCUT2D eigenvalue weighted by molar-refractivity contribution is 6.09. The summed E-state index contributed by atoms with van der Waals surface area (Å²) in [6.45, 7) is 2.25. The maximum atomic E-state index is 13.0. The number of carbonyl (C=O) groups excluding carboxylic acids is 2. The number of ether oxygens (including phenoxy) is 3. The first-order valence-electron chi connectivity index (χ1n) is 22.0. The first-order chi connectivity index (χ1) is 28.2. The third-order valence-corrected chi connectivity index (χ3v) is 11.0. The number of hydrogen-bond acceptors (Lipinski definition) is 11. The molecule has 3 rings (SSSR count). The van der Waals surface area contributed by atoms with Gasteiger partial charge in [0, 0.05) is 24.2 Å². The Kier molecular flexibility index (Phi) is 25.2. The fourth-order valence-corrected chi connectivity index (χ4v) is 7.31. The summed E-state index contributed by atoms with van der Waals surface area (Å²) in [5.74, 6) is -0.345. The van der Waals surface area contributed by atoms with Crippen molar-refractivity contribution >= 4 is 11.7 Å². The van der Waals surface area contributed by atoms with E-state index in [9.17, 15) is 40.2 Å². The van der Waals surface area contributed by atoms with Gasteiger partial charge in [-0.05, 0) is 30.9 Å². The Morgan fingerprint density at radius 3 is 1.98 bits per heavy atom. The van der Waals surface area contributed by atoms with Gasteiger partial charge in [0.15, 0.2) is 12.1 Å². The molecule has 0 bridgehead atoms. The molecular formula is C46H73NO11. The molecule has 0 radical (unpaired) electrons. The smallest absolute Gasteiger partial charge is 0.220 e. The minimum Gasteiger partial charge on any atom is -0.394 e. The molecule has 1 heterocycles. The lowest BCUT2D eigenvalue weighted by Crippen LogP contribution is -2.60. The lowest BCUT2D eigenvalue weighted by Gasteiger charge is -2.40. The van der Waals surface area contributed by atoms with E-state index in [0.717, 1.165) is 56.9 Å². The molecule has 2 aromatic carbocycles. The monoisotopic (exact) mass is 816 g/mol. The van der Waals surface area contributed by atoms with Gasteiger partial charge in [0.1, 0.15) is 30.5 Å². The van der Waals surface area contributed by atoms with Crippen molar-refractivity contribution in [3.05, 3.63) is 71.3 Å².